The molecular weight excluding hydrogens is 524 g/mol. The van der Waals surface area contributed by atoms with Crippen LogP contribution in [0.5, 0.6) is 0 Å². The van der Waals surface area contributed by atoms with E-state index in [0.29, 0.717) is 16.8 Å². The predicted molar refractivity (Wildman–Crippen MR) is 155 cm³/mol. The number of hydrogen-bond donors (Lipinski definition) is 1. The summed E-state index contributed by atoms with van der Waals surface area (Å²) < 4.78 is 1.71. The number of rotatable bonds is 7. The number of non-ortho nitro benzene ring substituents is 1. The van der Waals surface area contributed by atoms with Gasteiger partial charge >= 0.3 is 0 Å². The molecular formula is C30H22N6O3S. The van der Waals surface area contributed by atoms with E-state index >= 15 is 0 Å². The normalized spacial score (nSPS) is 12.2. The lowest BCUT2D eigenvalue weighted by Crippen LogP contribution is -2.33. The van der Waals surface area contributed by atoms with Crippen LogP contribution in [-0.2, 0) is 4.79 Å². The molecule has 0 bridgehead atoms. The Labute approximate surface area is 233 Å². The summed E-state index contributed by atoms with van der Waals surface area (Å²) in [6.07, 6.45) is 3.34. The number of amides is 1. The Kier molecular flexibility index (Phi) is 6.82. The second-order valence-electron chi connectivity index (χ2n) is 8.93. The van der Waals surface area contributed by atoms with Gasteiger partial charge < -0.3 is 4.90 Å². The summed E-state index contributed by atoms with van der Waals surface area (Å²) in [5.41, 5.74) is 7.32. The van der Waals surface area contributed by atoms with Crippen molar-refractivity contribution in [2.45, 2.75) is 9.79 Å². The van der Waals surface area contributed by atoms with Crippen LogP contribution in [0.4, 0.5) is 17.1 Å². The van der Waals surface area contributed by atoms with Crippen molar-refractivity contribution < 1.29 is 9.72 Å². The van der Waals surface area contributed by atoms with Crippen LogP contribution in [0.1, 0.15) is 5.56 Å². The van der Waals surface area contributed by atoms with Crippen molar-refractivity contribution >= 4 is 40.9 Å². The summed E-state index contributed by atoms with van der Waals surface area (Å²) in [6.45, 7) is 0.0877. The van der Waals surface area contributed by atoms with Gasteiger partial charge in [-0.15, -0.1) is 0 Å². The molecule has 196 valence electrons. The van der Waals surface area contributed by atoms with Gasteiger partial charge in [-0.1, -0.05) is 54.2 Å². The largest absolute Gasteiger partial charge is 0.330 e. The standard InChI is InChI=1S/C30H22N6O3S/c37-29(20-34-25-10-4-6-12-27(25)40-28-13-7-5-11-26(28)34)32-31-18-22-19-35(23-8-2-1-3-9-23)33-30(22)21-14-16-24(17-15-21)36(38)39/h1-19H,20H2,(H,32,37). The smallest absolute Gasteiger partial charge is 0.269 e. The summed E-state index contributed by atoms with van der Waals surface area (Å²) in [7, 11) is 0. The number of hydrogen-bond acceptors (Lipinski definition) is 7. The molecule has 1 amide bonds. The van der Waals surface area contributed by atoms with Gasteiger partial charge in [0, 0.05) is 39.2 Å². The molecule has 1 aliphatic rings. The molecule has 0 saturated heterocycles. The van der Waals surface area contributed by atoms with Gasteiger partial charge in [0.2, 0.25) is 0 Å². The Morgan fingerprint density at radius 2 is 1.52 bits per heavy atom. The van der Waals surface area contributed by atoms with E-state index in [4.69, 9.17) is 5.10 Å². The summed E-state index contributed by atoms with van der Waals surface area (Å²) in [4.78, 5) is 27.9. The van der Waals surface area contributed by atoms with Crippen LogP contribution in [0.2, 0.25) is 0 Å². The quantitative estimate of drug-likeness (QED) is 0.148. The minimum atomic E-state index is -0.442. The van der Waals surface area contributed by atoms with Gasteiger partial charge in [-0.3, -0.25) is 14.9 Å². The fourth-order valence-corrected chi connectivity index (χ4v) is 5.56. The number of fused-ring (bicyclic) bond motifs is 2. The third-order valence-corrected chi connectivity index (χ3v) is 7.47. The molecule has 6 rings (SSSR count). The molecule has 0 radical (unpaired) electrons. The van der Waals surface area contributed by atoms with Crippen molar-refractivity contribution in [2.24, 2.45) is 5.10 Å². The topological polar surface area (TPSA) is 106 Å². The number of nitrogens with zero attached hydrogens (tertiary/aromatic N) is 5. The van der Waals surface area contributed by atoms with E-state index in [0.717, 1.165) is 26.9 Å². The van der Waals surface area contributed by atoms with Gasteiger partial charge in [0.1, 0.15) is 12.2 Å². The van der Waals surface area contributed by atoms with Crippen LogP contribution in [0.15, 0.2) is 124 Å². The minimum absolute atomic E-state index is 0.00650. The van der Waals surface area contributed by atoms with Crippen molar-refractivity contribution in [1.29, 1.82) is 0 Å². The van der Waals surface area contributed by atoms with E-state index in [9.17, 15) is 14.9 Å². The second-order valence-corrected chi connectivity index (χ2v) is 10.0. The first-order chi connectivity index (χ1) is 19.6. The summed E-state index contributed by atoms with van der Waals surface area (Å²) >= 11 is 1.68. The van der Waals surface area contributed by atoms with Crippen LogP contribution in [0, 0.1) is 10.1 Å². The molecule has 10 heteroatoms. The maximum absolute atomic E-state index is 13.0. The SMILES string of the molecule is O=C(CN1c2ccccc2Sc2ccccc21)NN=Cc1cn(-c2ccccc2)nc1-c1ccc([N+](=O)[O-])cc1. The number of nitro benzene ring substituents is 1. The molecule has 0 saturated carbocycles. The van der Waals surface area contributed by atoms with E-state index in [1.54, 1.807) is 34.8 Å². The molecule has 1 aromatic heterocycles. The van der Waals surface area contributed by atoms with Crippen LogP contribution in [0.25, 0.3) is 16.9 Å². The molecule has 0 fully saturated rings. The third kappa shape index (κ3) is 5.07. The Balaban J connectivity index is 1.25. The second kappa shape index (κ2) is 10.9. The zero-order valence-corrected chi connectivity index (χ0v) is 21.9. The Bertz CT molecular complexity index is 1690. The predicted octanol–water partition coefficient (Wildman–Crippen LogP) is 6.20. The molecule has 9 nitrogen and oxygen atoms in total. The van der Waals surface area contributed by atoms with Gasteiger partial charge in [-0.05, 0) is 48.5 Å². The molecule has 2 heterocycles. The fourth-order valence-electron chi connectivity index (χ4n) is 4.46. The van der Waals surface area contributed by atoms with E-state index in [1.807, 2.05) is 83.8 Å². The lowest BCUT2D eigenvalue weighted by atomic mass is 10.1. The molecule has 1 aliphatic heterocycles. The fraction of sp³-hybridized carbons (Fsp3) is 0.0333. The first-order valence-corrected chi connectivity index (χ1v) is 13.2. The van der Waals surface area contributed by atoms with Crippen molar-refractivity contribution in [1.82, 2.24) is 15.2 Å². The first kappa shape index (κ1) is 25.1. The zero-order valence-electron chi connectivity index (χ0n) is 21.0. The summed E-state index contributed by atoms with van der Waals surface area (Å²) in [5.74, 6) is -0.278. The van der Waals surface area contributed by atoms with E-state index < -0.39 is 4.92 Å². The molecule has 0 aliphatic carbocycles. The molecule has 0 atom stereocenters. The summed E-state index contributed by atoms with van der Waals surface area (Å²) in [6, 6.07) is 31.7. The Morgan fingerprint density at radius 1 is 0.900 bits per heavy atom. The lowest BCUT2D eigenvalue weighted by Gasteiger charge is -2.31. The highest BCUT2D eigenvalue weighted by molar-refractivity contribution is 7.99. The van der Waals surface area contributed by atoms with Crippen LogP contribution in [-0.4, -0.2) is 33.4 Å². The lowest BCUT2D eigenvalue weighted by molar-refractivity contribution is -0.384. The van der Waals surface area contributed by atoms with Gasteiger partial charge in [0.25, 0.3) is 11.6 Å². The highest BCUT2D eigenvalue weighted by Crippen LogP contribution is 2.47. The average molecular weight is 547 g/mol. The maximum Gasteiger partial charge on any atom is 0.269 e. The van der Waals surface area contributed by atoms with E-state index in [2.05, 4.69) is 10.5 Å². The number of anilines is 2. The van der Waals surface area contributed by atoms with Crippen LogP contribution >= 0.6 is 11.8 Å². The van der Waals surface area contributed by atoms with Gasteiger partial charge in [0.15, 0.2) is 0 Å². The third-order valence-electron chi connectivity index (χ3n) is 6.34. The first-order valence-electron chi connectivity index (χ1n) is 12.4. The van der Waals surface area contributed by atoms with E-state index in [-0.39, 0.29) is 18.1 Å². The molecule has 1 N–H and O–H groups in total. The minimum Gasteiger partial charge on any atom is -0.330 e. The van der Waals surface area contributed by atoms with Crippen molar-refractivity contribution in [3.8, 4) is 16.9 Å². The monoisotopic (exact) mass is 546 g/mol. The van der Waals surface area contributed by atoms with Gasteiger partial charge in [-0.2, -0.15) is 10.2 Å². The van der Waals surface area contributed by atoms with Crippen molar-refractivity contribution in [2.75, 3.05) is 11.4 Å². The number of hydrazone groups is 1. The Hall–Kier alpha value is -5.22. The average Bonchev–Trinajstić information content (AvgIpc) is 3.41. The van der Waals surface area contributed by atoms with E-state index in [1.165, 1.54) is 18.3 Å². The van der Waals surface area contributed by atoms with Crippen LogP contribution in [0.3, 0.4) is 0 Å². The molecule has 4 aromatic carbocycles. The highest BCUT2D eigenvalue weighted by atomic mass is 32.2. The van der Waals surface area contributed by atoms with Crippen molar-refractivity contribution in [3.63, 3.8) is 0 Å². The molecule has 5 aromatic rings. The maximum atomic E-state index is 13.0. The number of nitro groups is 1. The molecule has 0 spiro atoms. The number of carbonyl (C=O) groups excluding carboxylic acids is 1. The number of para-hydroxylation sites is 3. The van der Waals surface area contributed by atoms with Gasteiger partial charge in [-0.25, -0.2) is 10.1 Å². The number of carbonyl (C=O) groups is 1. The zero-order chi connectivity index (χ0) is 27.5. The highest BCUT2D eigenvalue weighted by Gasteiger charge is 2.24. The number of aromatic nitrogens is 2. The number of nitrogens with one attached hydrogen (secondary N) is 1. The number of benzene rings is 4. The van der Waals surface area contributed by atoms with Crippen molar-refractivity contribution in [3.05, 3.63) is 125 Å². The Morgan fingerprint density at radius 3 is 2.17 bits per heavy atom. The van der Waals surface area contributed by atoms with Crippen LogP contribution < -0.4 is 10.3 Å². The molecule has 0 unspecified atom stereocenters. The molecule has 40 heavy (non-hydrogen) atoms. The summed E-state index contributed by atoms with van der Waals surface area (Å²) in [5, 5.41) is 20.0. The van der Waals surface area contributed by atoms with Gasteiger partial charge in [0.05, 0.1) is 28.2 Å².